The number of ether oxygens (including phenoxy) is 1. The first-order valence-corrected chi connectivity index (χ1v) is 5.48. The van der Waals surface area contributed by atoms with Gasteiger partial charge in [0, 0.05) is 0 Å². The first-order chi connectivity index (χ1) is 8.84. The molecule has 5 N–H and O–H groups in total. The minimum atomic E-state index is -1.85. The summed E-state index contributed by atoms with van der Waals surface area (Å²) in [6.45, 7) is 1.57. The number of carbonyl (C=O) groups excluding carboxylic acids is 1. The second-order valence-corrected chi connectivity index (χ2v) is 3.81. The quantitative estimate of drug-likeness (QED) is 0.280. The lowest BCUT2D eigenvalue weighted by molar-refractivity contribution is -0.163. The molecule has 0 bridgehead atoms. The molecule has 0 saturated heterocycles. The summed E-state index contributed by atoms with van der Waals surface area (Å²) in [4.78, 5) is 22.1. The van der Waals surface area contributed by atoms with Crippen LogP contribution in [0.1, 0.15) is 6.42 Å². The smallest absolute Gasteiger partial charge is 0.329 e. The molecule has 19 heavy (non-hydrogen) atoms. The van der Waals surface area contributed by atoms with Crippen LogP contribution in [0.15, 0.2) is 12.7 Å². The molecule has 0 aromatic rings. The molecule has 8 heteroatoms. The van der Waals surface area contributed by atoms with Gasteiger partial charge >= 0.3 is 5.97 Å². The van der Waals surface area contributed by atoms with Crippen molar-refractivity contribution in [3.8, 4) is 0 Å². The third-order valence-electron chi connectivity index (χ3n) is 2.28. The molecule has 0 aromatic heterocycles. The highest BCUT2D eigenvalue weighted by Crippen LogP contribution is 2.10. The van der Waals surface area contributed by atoms with Gasteiger partial charge in [0.1, 0.15) is 31.0 Å². The van der Waals surface area contributed by atoms with E-state index in [4.69, 9.17) is 10.2 Å². The fourth-order valence-corrected chi connectivity index (χ4v) is 1.28. The number of aliphatic hydroxyl groups excluding tert-OH is 4. The van der Waals surface area contributed by atoms with E-state index in [0.29, 0.717) is 0 Å². The fourth-order valence-electron chi connectivity index (χ4n) is 1.28. The lowest BCUT2D eigenvalue weighted by Crippen LogP contribution is -2.49. The summed E-state index contributed by atoms with van der Waals surface area (Å²) in [6, 6.07) is 0. The summed E-state index contributed by atoms with van der Waals surface area (Å²) in [6.07, 6.45) is -5.71. The van der Waals surface area contributed by atoms with Crippen LogP contribution in [0, 0.1) is 0 Å². The monoisotopic (exact) mass is 278 g/mol. The Morgan fingerprint density at radius 3 is 2.26 bits per heavy atom. The topological polar surface area (TPSA) is 145 Å². The number of aliphatic hydroxyl groups is 4. The lowest BCUT2D eigenvalue weighted by atomic mass is 9.99. The Morgan fingerprint density at radius 1 is 1.26 bits per heavy atom. The molecule has 0 heterocycles. The number of rotatable bonds is 10. The van der Waals surface area contributed by atoms with Gasteiger partial charge in [-0.1, -0.05) is 6.08 Å². The van der Waals surface area contributed by atoms with Gasteiger partial charge in [0.05, 0.1) is 6.61 Å². The molecule has 0 rings (SSSR count). The molecule has 8 nitrogen and oxygen atoms in total. The van der Waals surface area contributed by atoms with Gasteiger partial charge in [-0.2, -0.15) is 0 Å². The summed E-state index contributed by atoms with van der Waals surface area (Å²) < 4.78 is 4.65. The van der Waals surface area contributed by atoms with Crippen LogP contribution >= 0.6 is 0 Å². The molecule has 0 spiro atoms. The van der Waals surface area contributed by atoms with Crippen LogP contribution in [0.2, 0.25) is 0 Å². The van der Waals surface area contributed by atoms with E-state index in [1.807, 2.05) is 0 Å². The molecule has 0 radical (unpaired) electrons. The van der Waals surface area contributed by atoms with Gasteiger partial charge < -0.3 is 30.3 Å². The average molecular weight is 278 g/mol. The number of carbonyl (C=O) groups is 2. The maximum Gasteiger partial charge on any atom is 0.329 e. The van der Waals surface area contributed by atoms with E-state index in [1.54, 1.807) is 0 Å². The number of ketones is 1. The average Bonchev–Trinajstić information content (AvgIpc) is 2.37. The zero-order chi connectivity index (χ0) is 15.0. The number of hydrogen-bond donors (Lipinski definition) is 5. The van der Waals surface area contributed by atoms with Crippen molar-refractivity contribution in [2.45, 2.75) is 30.8 Å². The third-order valence-corrected chi connectivity index (χ3v) is 2.28. The molecular weight excluding hydrogens is 260 g/mol. The Balaban J connectivity index is 4.87. The summed E-state index contributed by atoms with van der Waals surface area (Å²) in [5.74, 6) is -2.39. The lowest BCUT2D eigenvalue weighted by Gasteiger charge is -2.25. The number of Topliss-reactive ketones (excluding diaryl/α,β-unsaturated/α-hetero) is 1. The predicted octanol–water partition coefficient (Wildman–Crippen LogP) is -2.32. The number of hydrogen-bond acceptors (Lipinski definition) is 7. The molecule has 0 aromatic carbocycles. The summed E-state index contributed by atoms with van der Waals surface area (Å²) in [7, 11) is 0. The standard InChI is InChI=1S/C11H18O8/c1-2-3-6(13)9(17)11(19-5-8(15)16)10(18)7(14)4-12/h2,6-7,10-14,18H,1,3-5H2,(H,15,16)/t6?,7-,10+,11-/m1/s1. The van der Waals surface area contributed by atoms with Crippen molar-refractivity contribution in [1.29, 1.82) is 0 Å². The van der Waals surface area contributed by atoms with Crippen molar-refractivity contribution in [1.82, 2.24) is 0 Å². The van der Waals surface area contributed by atoms with E-state index in [2.05, 4.69) is 11.3 Å². The molecule has 0 aliphatic rings. The predicted molar refractivity (Wildman–Crippen MR) is 62.3 cm³/mol. The molecular formula is C11H18O8. The maximum absolute atomic E-state index is 11.7. The Morgan fingerprint density at radius 2 is 1.84 bits per heavy atom. The summed E-state index contributed by atoms with van der Waals surface area (Å²) in [5, 5.41) is 45.4. The van der Waals surface area contributed by atoms with Gasteiger partial charge in [-0.3, -0.25) is 4.79 Å². The van der Waals surface area contributed by atoms with Crippen molar-refractivity contribution in [3.05, 3.63) is 12.7 Å². The van der Waals surface area contributed by atoms with E-state index in [0.717, 1.165) is 0 Å². The largest absolute Gasteiger partial charge is 0.480 e. The van der Waals surface area contributed by atoms with E-state index >= 15 is 0 Å². The van der Waals surface area contributed by atoms with Crippen molar-refractivity contribution >= 4 is 11.8 Å². The Bertz CT molecular complexity index is 316. The van der Waals surface area contributed by atoms with Crippen LogP contribution in [-0.2, 0) is 14.3 Å². The Hall–Kier alpha value is -1.32. The summed E-state index contributed by atoms with van der Waals surface area (Å²) in [5.41, 5.74) is 0. The normalized spacial score (nSPS) is 17.3. The molecule has 0 aliphatic carbocycles. The second-order valence-electron chi connectivity index (χ2n) is 3.81. The zero-order valence-corrected chi connectivity index (χ0v) is 10.2. The van der Waals surface area contributed by atoms with E-state index in [-0.39, 0.29) is 6.42 Å². The van der Waals surface area contributed by atoms with Crippen LogP contribution < -0.4 is 0 Å². The fraction of sp³-hybridized carbons (Fsp3) is 0.636. The zero-order valence-electron chi connectivity index (χ0n) is 10.2. The number of carboxylic acid groups (broad SMARTS) is 1. The van der Waals surface area contributed by atoms with Crippen LogP contribution in [0.3, 0.4) is 0 Å². The molecule has 0 aliphatic heterocycles. The molecule has 0 fully saturated rings. The second kappa shape index (κ2) is 8.73. The highest BCUT2D eigenvalue weighted by molar-refractivity contribution is 5.88. The molecule has 1 unspecified atom stereocenters. The maximum atomic E-state index is 11.7. The molecule has 110 valence electrons. The van der Waals surface area contributed by atoms with Gasteiger partial charge in [0.25, 0.3) is 0 Å². The Labute approximate surface area is 109 Å². The minimum absolute atomic E-state index is 0.117. The van der Waals surface area contributed by atoms with Crippen molar-refractivity contribution in [3.63, 3.8) is 0 Å². The highest BCUT2D eigenvalue weighted by atomic mass is 16.5. The minimum Gasteiger partial charge on any atom is -0.480 e. The van der Waals surface area contributed by atoms with Gasteiger partial charge in [-0.25, -0.2) is 4.79 Å². The van der Waals surface area contributed by atoms with E-state index in [1.165, 1.54) is 6.08 Å². The van der Waals surface area contributed by atoms with E-state index < -0.39 is 49.4 Å². The molecule has 4 atom stereocenters. The third kappa shape index (κ3) is 5.90. The van der Waals surface area contributed by atoms with Crippen LogP contribution in [-0.4, -0.2) is 74.9 Å². The van der Waals surface area contributed by atoms with Gasteiger partial charge in [0.15, 0.2) is 5.78 Å². The van der Waals surface area contributed by atoms with Crippen LogP contribution in [0.4, 0.5) is 0 Å². The number of carboxylic acids is 1. The van der Waals surface area contributed by atoms with E-state index in [9.17, 15) is 24.9 Å². The Kier molecular flexibility index (Phi) is 8.12. The van der Waals surface area contributed by atoms with Crippen LogP contribution in [0.5, 0.6) is 0 Å². The molecule has 0 saturated carbocycles. The first-order valence-electron chi connectivity index (χ1n) is 5.48. The van der Waals surface area contributed by atoms with Gasteiger partial charge in [-0.05, 0) is 6.42 Å². The summed E-state index contributed by atoms with van der Waals surface area (Å²) >= 11 is 0. The SMILES string of the molecule is C=CCC(O)C(=O)[C@@H](OCC(=O)O)[C@@H](O)[C@H](O)CO. The first kappa shape index (κ1) is 17.7. The van der Waals surface area contributed by atoms with Gasteiger partial charge in [0.2, 0.25) is 0 Å². The van der Waals surface area contributed by atoms with Crippen molar-refractivity contribution < 1.29 is 39.9 Å². The van der Waals surface area contributed by atoms with Crippen molar-refractivity contribution in [2.75, 3.05) is 13.2 Å². The number of aliphatic carboxylic acids is 1. The highest BCUT2D eigenvalue weighted by Gasteiger charge is 2.36. The van der Waals surface area contributed by atoms with Gasteiger partial charge in [-0.15, -0.1) is 6.58 Å². The van der Waals surface area contributed by atoms with Crippen LogP contribution in [0.25, 0.3) is 0 Å². The molecule has 0 amide bonds. The van der Waals surface area contributed by atoms with Crippen molar-refractivity contribution in [2.24, 2.45) is 0 Å².